The molecule has 1 aromatic carbocycles. The number of ether oxygens (including phenoxy) is 3. The van der Waals surface area contributed by atoms with Crippen LogP contribution in [0.25, 0.3) is 0 Å². The summed E-state index contributed by atoms with van der Waals surface area (Å²) in [5.74, 6) is 1.32. The first kappa shape index (κ1) is 17.3. The van der Waals surface area contributed by atoms with E-state index < -0.39 is 0 Å². The first-order valence-corrected chi connectivity index (χ1v) is 7.45. The van der Waals surface area contributed by atoms with Gasteiger partial charge in [-0.3, -0.25) is 0 Å². The lowest BCUT2D eigenvalue weighted by molar-refractivity contribution is 0.0458. The average Bonchev–Trinajstić information content (AvgIpc) is 2.49. The lowest BCUT2D eigenvalue weighted by Gasteiger charge is -2.15. The third-order valence-corrected chi connectivity index (χ3v) is 3.17. The number of methoxy groups -OCH3 is 2. The monoisotopic (exact) mass is 294 g/mol. The van der Waals surface area contributed by atoms with E-state index in [1.165, 1.54) is 0 Å². The van der Waals surface area contributed by atoms with Gasteiger partial charge in [0.15, 0.2) is 0 Å². The highest BCUT2D eigenvalue weighted by molar-refractivity contribution is 5.90. The minimum atomic E-state index is -0.345. The Morgan fingerprint density at radius 3 is 2.14 bits per heavy atom. The van der Waals surface area contributed by atoms with E-state index >= 15 is 0 Å². The van der Waals surface area contributed by atoms with Gasteiger partial charge in [0, 0.05) is 5.56 Å². The largest absolute Gasteiger partial charge is 0.496 e. The summed E-state index contributed by atoms with van der Waals surface area (Å²) < 4.78 is 16.1. The Morgan fingerprint density at radius 1 is 1.14 bits per heavy atom. The van der Waals surface area contributed by atoms with Crippen LogP contribution in [0.2, 0.25) is 0 Å². The standard InChI is InChI=1S/C17H26O4/c1-6-7-8-14-15(19-4)9-13(10-16(14)20-5)17(18)21-11-12(2)3/h9-10,12H,6-8,11H2,1-5H3. The molecule has 0 atom stereocenters. The number of hydrogen-bond acceptors (Lipinski definition) is 4. The van der Waals surface area contributed by atoms with E-state index in [2.05, 4.69) is 6.92 Å². The number of carbonyl (C=O) groups is 1. The molecule has 4 heteroatoms. The van der Waals surface area contributed by atoms with Crippen molar-refractivity contribution in [3.8, 4) is 11.5 Å². The summed E-state index contributed by atoms with van der Waals surface area (Å²) in [6.45, 7) is 6.54. The smallest absolute Gasteiger partial charge is 0.338 e. The Labute approximate surface area is 127 Å². The van der Waals surface area contributed by atoms with Gasteiger partial charge in [0.2, 0.25) is 0 Å². The summed E-state index contributed by atoms with van der Waals surface area (Å²) in [6, 6.07) is 3.46. The molecular weight excluding hydrogens is 268 g/mol. The Morgan fingerprint density at radius 2 is 1.71 bits per heavy atom. The van der Waals surface area contributed by atoms with Crippen molar-refractivity contribution >= 4 is 5.97 Å². The van der Waals surface area contributed by atoms with Crippen LogP contribution in [0.15, 0.2) is 12.1 Å². The molecule has 0 radical (unpaired) electrons. The number of hydrogen-bond donors (Lipinski definition) is 0. The van der Waals surface area contributed by atoms with Crippen LogP contribution in [-0.4, -0.2) is 26.8 Å². The summed E-state index contributed by atoms with van der Waals surface area (Å²) in [7, 11) is 3.21. The van der Waals surface area contributed by atoms with Gasteiger partial charge in [-0.1, -0.05) is 27.2 Å². The SMILES string of the molecule is CCCCc1c(OC)cc(C(=O)OCC(C)C)cc1OC. The van der Waals surface area contributed by atoms with Crippen LogP contribution < -0.4 is 9.47 Å². The quantitative estimate of drug-likeness (QED) is 0.683. The lowest BCUT2D eigenvalue weighted by atomic mass is 10.0. The Bertz CT molecular complexity index is 441. The fourth-order valence-electron chi connectivity index (χ4n) is 2.03. The van der Waals surface area contributed by atoms with Gasteiger partial charge in [0.1, 0.15) is 11.5 Å². The molecule has 0 unspecified atom stereocenters. The molecule has 21 heavy (non-hydrogen) atoms. The minimum absolute atomic E-state index is 0.307. The van der Waals surface area contributed by atoms with Crippen molar-refractivity contribution in [1.82, 2.24) is 0 Å². The van der Waals surface area contributed by atoms with Gasteiger partial charge >= 0.3 is 5.97 Å². The van der Waals surface area contributed by atoms with Gasteiger partial charge in [0.05, 0.1) is 26.4 Å². The van der Waals surface area contributed by atoms with E-state index in [1.807, 2.05) is 13.8 Å². The summed E-state index contributed by atoms with van der Waals surface area (Å²) in [6.07, 6.45) is 3.00. The van der Waals surface area contributed by atoms with Crippen LogP contribution in [0.3, 0.4) is 0 Å². The molecule has 0 spiro atoms. The summed E-state index contributed by atoms with van der Waals surface area (Å²) in [5.41, 5.74) is 1.46. The maximum absolute atomic E-state index is 12.1. The number of unbranched alkanes of at least 4 members (excludes halogenated alkanes) is 1. The van der Waals surface area contributed by atoms with Crippen molar-refractivity contribution in [2.75, 3.05) is 20.8 Å². The molecule has 0 aromatic heterocycles. The van der Waals surface area contributed by atoms with Crippen LogP contribution in [0, 0.1) is 5.92 Å². The predicted octanol–water partition coefficient (Wildman–Crippen LogP) is 3.86. The average molecular weight is 294 g/mol. The highest BCUT2D eigenvalue weighted by Gasteiger charge is 2.17. The topological polar surface area (TPSA) is 44.8 Å². The molecule has 0 aliphatic rings. The molecule has 0 N–H and O–H groups in total. The minimum Gasteiger partial charge on any atom is -0.496 e. The molecule has 1 aromatic rings. The van der Waals surface area contributed by atoms with Crippen LogP contribution in [0.4, 0.5) is 0 Å². The van der Waals surface area contributed by atoms with Crippen LogP contribution in [0.5, 0.6) is 11.5 Å². The van der Waals surface area contributed by atoms with E-state index in [9.17, 15) is 4.79 Å². The van der Waals surface area contributed by atoms with Crippen LogP contribution >= 0.6 is 0 Å². The second-order valence-electron chi connectivity index (χ2n) is 5.46. The Hall–Kier alpha value is -1.71. The third kappa shape index (κ3) is 4.96. The van der Waals surface area contributed by atoms with Gasteiger partial charge in [-0.2, -0.15) is 0 Å². The number of esters is 1. The van der Waals surface area contributed by atoms with E-state index in [1.54, 1.807) is 26.4 Å². The van der Waals surface area contributed by atoms with Crippen molar-refractivity contribution in [2.24, 2.45) is 5.92 Å². The zero-order valence-electron chi connectivity index (χ0n) is 13.7. The molecular formula is C17H26O4. The van der Waals surface area contributed by atoms with Gasteiger partial charge in [-0.15, -0.1) is 0 Å². The van der Waals surface area contributed by atoms with Gasteiger partial charge in [0.25, 0.3) is 0 Å². The molecule has 0 saturated carbocycles. The molecule has 0 aliphatic carbocycles. The van der Waals surface area contributed by atoms with Crippen LogP contribution in [0.1, 0.15) is 49.5 Å². The zero-order chi connectivity index (χ0) is 15.8. The third-order valence-electron chi connectivity index (χ3n) is 3.17. The van der Waals surface area contributed by atoms with Crippen molar-refractivity contribution in [3.63, 3.8) is 0 Å². The fraction of sp³-hybridized carbons (Fsp3) is 0.588. The summed E-state index contributed by atoms with van der Waals surface area (Å²) in [5, 5.41) is 0. The molecule has 0 saturated heterocycles. The lowest BCUT2D eigenvalue weighted by Crippen LogP contribution is -2.11. The van der Waals surface area contributed by atoms with Crippen molar-refractivity contribution in [1.29, 1.82) is 0 Å². The highest BCUT2D eigenvalue weighted by atomic mass is 16.5. The summed E-state index contributed by atoms with van der Waals surface area (Å²) >= 11 is 0. The van der Waals surface area contributed by atoms with Gasteiger partial charge in [-0.25, -0.2) is 4.79 Å². The van der Waals surface area contributed by atoms with Gasteiger partial charge < -0.3 is 14.2 Å². The van der Waals surface area contributed by atoms with E-state index in [0.29, 0.717) is 29.6 Å². The number of benzene rings is 1. The van der Waals surface area contributed by atoms with Gasteiger partial charge in [-0.05, 0) is 30.9 Å². The highest BCUT2D eigenvalue weighted by Crippen LogP contribution is 2.32. The van der Waals surface area contributed by atoms with Crippen molar-refractivity contribution < 1.29 is 19.0 Å². The molecule has 0 fully saturated rings. The van der Waals surface area contributed by atoms with E-state index in [-0.39, 0.29) is 5.97 Å². The van der Waals surface area contributed by atoms with Crippen molar-refractivity contribution in [2.45, 2.75) is 40.0 Å². The second-order valence-corrected chi connectivity index (χ2v) is 5.46. The second kappa shape index (κ2) is 8.55. The number of carbonyl (C=O) groups excluding carboxylic acids is 1. The number of rotatable bonds is 8. The van der Waals surface area contributed by atoms with Crippen molar-refractivity contribution in [3.05, 3.63) is 23.3 Å². The fourth-order valence-corrected chi connectivity index (χ4v) is 2.03. The molecule has 4 nitrogen and oxygen atoms in total. The Kier molecular flexibility index (Phi) is 7.06. The zero-order valence-corrected chi connectivity index (χ0v) is 13.7. The first-order valence-electron chi connectivity index (χ1n) is 7.45. The predicted molar refractivity (Wildman–Crippen MR) is 83.3 cm³/mol. The van der Waals surface area contributed by atoms with Crippen LogP contribution in [-0.2, 0) is 11.2 Å². The molecule has 1 rings (SSSR count). The molecule has 0 heterocycles. The molecule has 0 amide bonds. The molecule has 0 aliphatic heterocycles. The van der Waals surface area contributed by atoms with E-state index in [0.717, 1.165) is 24.8 Å². The molecule has 0 bridgehead atoms. The maximum Gasteiger partial charge on any atom is 0.338 e. The first-order chi connectivity index (χ1) is 10.0. The normalized spacial score (nSPS) is 10.6. The summed E-state index contributed by atoms with van der Waals surface area (Å²) in [4.78, 5) is 12.1. The Balaban J connectivity index is 3.04. The van der Waals surface area contributed by atoms with E-state index in [4.69, 9.17) is 14.2 Å². The maximum atomic E-state index is 12.1. The molecule has 118 valence electrons.